The van der Waals surface area contributed by atoms with Crippen molar-refractivity contribution < 1.29 is 4.79 Å². The molecule has 0 spiro atoms. The minimum atomic E-state index is -0.0288. The molecule has 124 valence electrons. The molecule has 7 heteroatoms. The predicted octanol–water partition coefficient (Wildman–Crippen LogP) is 4.38. The molecule has 0 aliphatic rings. The summed E-state index contributed by atoms with van der Waals surface area (Å²) in [6, 6.07) is 14.5. The zero-order valence-corrected chi connectivity index (χ0v) is 15.8. The normalized spacial score (nSPS) is 12.2. The van der Waals surface area contributed by atoms with Crippen LogP contribution in [-0.4, -0.2) is 28.1 Å². The Labute approximate surface area is 153 Å². The Morgan fingerprint density at radius 1 is 1.17 bits per heavy atom. The molecule has 0 saturated heterocycles. The van der Waals surface area contributed by atoms with Gasteiger partial charge in [-0.15, -0.1) is 10.2 Å². The van der Waals surface area contributed by atoms with E-state index in [1.165, 1.54) is 33.9 Å². The fourth-order valence-corrected chi connectivity index (χ4v) is 4.56. The lowest BCUT2D eigenvalue weighted by molar-refractivity contribution is -0.119. The summed E-state index contributed by atoms with van der Waals surface area (Å²) < 4.78 is 1.75. The number of hydrogen-bond acceptors (Lipinski definition) is 6. The zero-order chi connectivity index (χ0) is 16.9. The summed E-state index contributed by atoms with van der Waals surface area (Å²) in [5.41, 5.74) is 1.10. The number of hydrogen-bond donors (Lipinski definition) is 1. The average Bonchev–Trinajstić information content (AvgIpc) is 3.07. The third kappa shape index (κ3) is 4.28. The highest BCUT2D eigenvalue weighted by atomic mass is 32.2. The van der Waals surface area contributed by atoms with Crippen LogP contribution in [0.15, 0.2) is 51.1 Å². The van der Waals surface area contributed by atoms with E-state index in [4.69, 9.17) is 0 Å². The predicted molar refractivity (Wildman–Crippen MR) is 103 cm³/mol. The summed E-state index contributed by atoms with van der Waals surface area (Å²) in [5, 5.41) is 13.5. The third-order valence-corrected chi connectivity index (χ3v) is 6.57. The van der Waals surface area contributed by atoms with Crippen molar-refractivity contribution >= 4 is 51.5 Å². The van der Waals surface area contributed by atoms with Crippen LogP contribution in [0.25, 0.3) is 10.8 Å². The van der Waals surface area contributed by atoms with Gasteiger partial charge in [0.1, 0.15) is 0 Å². The quantitative estimate of drug-likeness (QED) is 0.648. The first-order valence-corrected chi connectivity index (χ1v) is 10.5. The fourth-order valence-electron chi connectivity index (χ4n) is 2.31. The van der Waals surface area contributed by atoms with Crippen LogP contribution in [0.3, 0.4) is 0 Å². The van der Waals surface area contributed by atoms with E-state index in [1.807, 2.05) is 25.3 Å². The lowest BCUT2D eigenvalue weighted by Gasteiger charge is -2.14. The molecule has 1 unspecified atom stereocenters. The summed E-state index contributed by atoms with van der Waals surface area (Å²) in [6.07, 6.45) is 1.97. The van der Waals surface area contributed by atoms with Crippen molar-refractivity contribution in [2.24, 2.45) is 0 Å². The molecule has 0 bridgehead atoms. The largest absolute Gasteiger partial charge is 0.349 e. The number of aromatic nitrogens is 2. The van der Waals surface area contributed by atoms with Gasteiger partial charge in [0.25, 0.3) is 0 Å². The van der Waals surface area contributed by atoms with Gasteiger partial charge in [-0.1, -0.05) is 71.3 Å². The molecule has 24 heavy (non-hydrogen) atoms. The summed E-state index contributed by atoms with van der Waals surface area (Å²) in [5.74, 6) is 0.350. The van der Waals surface area contributed by atoms with E-state index < -0.39 is 0 Å². The van der Waals surface area contributed by atoms with Crippen molar-refractivity contribution in [2.45, 2.75) is 21.6 Å². The van der Waals surface area contributed by atoms with Gasteiger partial charge in [-0.3, -0.25) is 4.79 Å². The number of thioether (sulfide) groups is 2. The smallest absolute Gasteiger partial charge is 0.230 e. The van der Waals surface area contributed by atoms with Gasteiger partial charge in [-0.2, -0.15) is 0 Å². The van der Waals surface area contributed by atoms with Gasteiger partial charge < -0.3 is 5.32 Å². The van der Waals surface area contributed by atoms with E-state index in [1.54, 1.807) is 11.8 Å². The van der Waals surface area contributed by atoms with Crippen molar-refractivity contribution in [3.8, 4) is 0 Å². The molecule has 4 nitrogen and oxygen atoms in total. The monoisotopic (exact) mass is 375 g/mol. The third-order valence-electron chi connectivity index (χ3n) is 3.54. The van der Waals surface area contributed by atoms with Crippen LogP contribution < -0.4 is 5.32 Å². The molecule has 1 amide bonds. The minimum absolute atomic E-state index is 0.00144. The number of amides is 1. The van der Waals surface area contributed by atoms with Crippen molar-refractivity contribution in [3.05, 3.63) is 48.0 Å². The van der Waals surface area contributed by atoms with Gasteiger partial charge in [-0.25, -0.2) is 0 Å². The first-order valence-electron chi connectivity index (χ1n) is 7.44. The van der Waals surface area contributed by atoms with Gasteiger partial charge in [-0.05, 0) is 35.6 Å². The van der Waals surface area contributed by atoms with Crippen molar-refractivity contribution in [2.75, 3.05) is 12.0 Å². The average molecular weight is 376 g/mol. The van der Waals surface area contributed by atoms with Crippen molar-refractivity contribution in [1.82, 2.24) is 15.5 Å². The molecule has 0 aliphatic heterocycles. The molecule has 0 radical (unpaired) electrons. The first kappa shape index (κ1) is 17.3. The molecule has 0 saturated carbocycles. The zero-order valence-electron chi connectivity index (χ0n) is 13.4. The van der Waals surface area contributed by atoms with Crippen LogP contribution in [0.1, 0.15) is 18.5 Å². The van der Waals surface area contributed by atoms with Gasteiger partial charge in [0.2, 0.25) is 5.91 Å². The SMILES string of the molecule is CSc1nnc(SCC(=O)NC(C)c2ccc3ccccc3c2)s1. The fraction of sp³-hybridized carbons (Fsp3) is 0.235. The maximum atomic E-state index is 12.2. The van der Waals surface area contributed by atoms with Crippen LogP contribution in [0.4, 0.5) is 0 Å². The van der Waals surface area contributed by atoms with Crippen molar-refractivity contribution in [3.63, 3.8) is 0 Å². The van der Waals surface area contributed by atoms with Crippen LogP contribution >= 0.6 is 34.9 Å². The molecule has 1 heterocycles. The lowest BCUT2D eigenvalue weighted by Crippen LogP contribution is -2.28. The molecular weight excluding hydrogens is 358 g/mol. The number of benzene rings is 2. The topological polar surface area (TPSA) is 54.9 Å². The van der Waals surface area contributed by atoms with Crippen LogP contribution in [0, 0.1) is 0 Å². The van der Waals surface area contributed by atoms with Crippen LogP contribution in [0.5, 0.6) is 0 Å². The molecule has 1 aromatic heterocycles. The van der Waals surface area contributed by atoms with E-state index >= 15 is 0 Å². The molecule has 1 atom stereocenters. The highest BCUT2D eigenvalue weighted by Gasteiger charge is 2.12. The second-order valence-electron chi connectivity index (χ2n) is 5.22. The summed E-state index contributed by atoms with van der Waals surface area (Å²) in [7, 11) is 0. The number of carbonyl (C=O) groups excluding carboxylic acids is 1. The van der Waals surface area contributed by atoms with Crippen LogP contribution in [0.2, 0.25) is 0 Å². The number of fused-ring (bicyclic) bond motifs is 1. The molecule has 3 aromatic rings. The first-order chi connectivity index (χ1) is 11.7. The molecule has 3 rings (SSSR count). The Hall–Kier alpha value is -1.57. The van der Waals surface area contributed by atoms with E-state index in [0.717, 1.165) is 14.2 Å². The van der Waals surface area contributed by atoms with Crippen molar-refractivity contribution in [1.29, 1.82) is 0 Å². The Morgan fingerprint density at radius 3 is 2.67 bits per heavy atom. The van der Waals surface area contributed by atoms with E-state index in [2.05, 4.69) is 45.8 Å². The number of nitrogens with zero attached hydrogens (tertiary/aromatic N) is 2. The molecule has 2 aromatic carbocycles. The van der Waals surface area contributed by atoms with E-state index in [9.17, 15) is 4.79 Å². The Balaban J connectivity index is 1.58. The summed E-state index contributed by atoms with van der Waals surface area (Å²) in [6.45, 7) is 2.00. The van der Waals surface area contributed by atoms with Gasteiger partial charge in [0.05, 0.1) is 11.8 Å². The van der Waals surface area contributed by atoms with Gasteiger partial charge in [0.15, 0.2) is 8.68 Å². The van der Waals surface area contributed by atoms with Gasteiger partial charge in [0, 0.05) is 0 Å². The molecule has 0 aliphatic carbocycles. The minimum Gasteiger partial charge on any atom is -0.349 e. The maximum Gasteiger partial charge on any atom is 0.230 e. The lowest BCUT2D eigenvalue weighted by atomic mass is 10.0. The van der Waals surface area contributed by atoms with Gasteiger partial charge >= 0.3 is 0 Å². The molecule has 0 fully saturated rings. The highest BCUT2D eigenvalue weighted by molar-refractivity contribution is 8.03. The second-order valence-corrected chi connectivity index (χ2v) is 8.48. The number of rotatable bonds is 6. The maximum absolute atomic E-state index is 12.2. The summed E-state index contributed by atoms with van der Waals surface area (Å²) >= 11 is 4.50. The van der Waals surface area contributed by atoms with Crippen LogP contribution in [-0.2, 0) is 4.79 Å². The Kier molecular flexibility index (Phi) is 5.76. The Bertz CT molecular complexity index is 850. The second kappa shape index (κ2) is 8.00. The van der Waals surface area contributed by atoms with E-state index in [0.29, 0.717) is 5.75 Å². The number of nitrogens with one attached hydrogen (secondary N) is 1. The molecule has 1 N–H and O–H groups in total. The summed E-state index contributed by atoms with van der Waals surface area (Å²) in [4.78, 5) is 12.2. The molecular formula is C17H17N3OS3. The number of carbonyl (C=O) groups is 1. The Morgan fingerprint density at radius 2 is 1.92 bits per heavy atom. The highest BCUT2D eigenvalue weighted by Crippen LogP contribution is 2.27. The standard InChI is InChI=1S/C17H17N3OS3/c1-11(13-8-7-12-5-3-4-6-14(12)9-13)18-15(21)10-23-17-20-19-16(22-2)24-17/h3-9,11H,10H2,1-2H3,(H,18,21). The van der Waals surface area contributed by atoms with E-state index in [-0.39, 0.29) is 11.9 Å².